The van der Waals surface area contributed by atoms with Crippen molar-refractivity contribution in [2.45, 2.75) is 13.2 Å². The summed E-state index contributed by atoms with van der Waals surface area (Å²) in [6.07, 6.45) is 2.56. The predicted molar refractivity (Wildman–Crippen MR) is 104 cm³/mol. The minimum Gasteiger partial charge on any atom is -0.492 e. The molecule has 0 aliphatic heterocycles. The van der Waals surface area contributed by atoms with Crippen LogP contribution in [-0.4, -0.2) is 24.4 Å². The van der Waals surface area contributed by atoms with Gasteiger partial charge in [0.2, 0.25) is 0 Å². The van der Waals surface area contributed by atoms with Crippen LogP contribution in [-0.2, 0) is 13.2 Å². The number of aldehydes is 1. The van der Waals surface area contributed by atoms with Gasteiger partial charge in [-0.2, -0.15) is 0 Å². The van der Waals surface area contributed by atoms with Crippen LogP contribution in [0.4, 0.5) is 0 Å². The lowest BCUT2D eigenvalue weighted by Crippen LogP contribution is -2.21. The fourth-order valence-electron chi connectivity index (χ4n) is 2.44. The number of hydrogen-bond acceptors (Lipinski definition) is 5. The van der Waals surface area contributed by atoms with Crippen molar-refractivity contribution < 1.29 is 14.3 Å². The molecule has 0 fully saturated rings. The van der Waals surface area contributed by atoms with Gasteiger partial charge in [0, 0.05) is 18.7 Å². The summed E-state index contributed by atoms with van der Waals surface area (Å²) >= 11 is 0. The quantitative estimate of drug-likeness (QED) is 0.441. The molecule has 138 valence electrons. The first-order valence-electron chi connectivity index (χ1n) is 8.84. The summed E-state index contributed by atoms with van der Waals surface area (Å²) in [5.41, 5.74) is 2.71. The predicted octanol–water partition coefficient (Wildman–Crippen LogP) is 3.64. The van der Waals surface area contributed by atoms with Crippen molar-refractivity contribution in [3.8, 4) is 11.5 Å². The molecule has 0 bridgehead atoms. The van der Waals surface area contributed by atoms with Crippen molar-refractivity contribution in [3.05, 3.63) is 89.7 Å². The van der Waals surface area contributed by atoms with E-state index >= 15 is 0 Å². The van der Waals surface area contributed by atoms with Crippen LogP contribution < -0.4 is 14.8 Å². The van der Waals surface area contributed by atoms with Gasteiger partial charge in [-0.05, 0) is 42.0 Å². The second kappa shape index (κ2) is 10.1. The Morgan fingerprint density at radius 2 is 1.67 bits per heavy atom. The number of aromatic nitrogens is 1. The first kappa shape index (κ1) is 18.6. The van der Waals surface area contributed by atoms with E-state index in [1.165, 1.54) is 0 Å². The average Bonchev–Trinajstić information content (AvgIpc) is 2.74. The minimum atomic E-state index is 0.533. The largest absolute Gasteiger partial charge is 0.492 e. The fraction of sp³-hybridized carbons (Fsp3) is 0.182. The van der Waals surface area contributed by atoms with E-state index in [0.717, 1.165) is 29.0 Å². The molecule has 27 heavy (non-hydrogen) atoms. The normalized spacial score (nSPS) is 10.4. The highest BCUT2D eigenvalue weighted by molar-refractivity contribution is 5.74. The van der Waals surface area contributed by atoms with E-state index in [1.807, 2.05) is 42.5 Å². The van der Waals surface area contributed by atoms with Crippen molar-refractivity contribution in [3.63, 3.8) is 0 Å². The Bertz CT molecular complexity index is 818. The molecule has 0 aliphatic rings. The Balaban J connectivity index is 1.34. The molecule has 0 saturated carbocycles. The summed E-state index contributed by atoms with van der Waals surface area (Å²) in [7, 11) is 0. The van der Waals surface area contributed by atoms with Crippen LogP contribution in [0.5, 0.6) is 11.5 Å². The molecule has 5 heteroatoms. The number of benzene rings is 2. The van der Waals surface area contributed by atoms with Gasteiger partial charge in [-0.3, -0.25) is 9.78 Å². The lowest BCUT2D eigenvalue weighted by Gasteiger charge is -2.09. The molecule has 0 saturated heterocycles. The Morgan fingerprint density at radius 3 is 2.37 bits per heavy atom. The first-order chi connectivity index (χ1) is 13.3. The van der Waals surface area contributed by atoms with Crippen molar-refractivity contribution in [1.29, 1.82) is 0 Å². The van der Waals surface area contributed by atoms with Gasteiger partial charge < -0.3 is 14.8 Å². The van der Waals surface area contributed by atoms with Crippen LogP contribution in [0.25, 0.3) is 0 Å². The third-order valence-corrected chi connectivity index (χ3v) is 3.92. The summed E-state index contributed by atoms with van der Waals surface area (Å²) in [5, 5.41) is 3.29. The topological polar surface area (TPSA) is 60.5 Å². The molecule has 3 rings (SSSR count). The van der Waals surface area contributed by atoms with Gasteiger partial charge in [0.15, 0.2) is 0 Å². The van der Waals surface area contributed by atoms with Crippen LogP contribution in [0, 0.1) is 0 Å². The minimum absolute atomic E-state index is 0.533. The summed E-state index contributed by atoms with van der Waals surface area (Å²) in [6, 6.07) is 21.0. The van der Waals surface area contributed by atoms with Crippen molar-refractivity contribution in [2.75, 3.05) is 13.2 Å². The molecule has 2 aromatic carbocycles. The average molecular weight is 362 g/mol. The third kappa shape index (κ3) is 6.24. The summed E-state index contributed by atoms with van der Waals surface area (Å²) in [4.78, 5) is 15.0. The summed E-state index contributed by atoms with van der Waals surface area (Å²) in [5.74, 6) is 1.50. The maximum Gasteiger partial charge on any atom is 0.150 e. The Hall–Kier alpha value is -3.18. The molecule has 1 aromatic heterocycles. The molecule has 0 radical (unpaired) electrons. The molecule has 0 unspecified atom stereocenters. The molecule has 5 nitrogen and oxygen atoms in total. The maximum atomic E-state index is 10.6. The van der Waals surface area contributed by atoms with Gasteiger partial charge in [-0.15, -0.1) is 0 Å². The number of nitrogens with one attached hydrogen (secondary N) is 1. The van der Waals surface area contributed by atoms with Crippen LogP contribution in [0.15, 0.2) is 72.9 Å². The van der Waals surface area contributed by atoms with Gasteiger partial charge >= 0.3 is 0 Å². The van der Waals surface area contributed by atoms with Crippen molar-refractivity contribution >= 4 is 6.29 Å². The molecule has 0 amide bonds. The van der Waals surface area contributed by atoms with E-state index in [1.54, 1.807) is 30.5 Å². The van der Waals surface area contributed by atoms with E-state index < -0.39 is 0 Å². The highest BCUT2D eigenvalue weighted by Gasteiger charge is 1.99. The zero-order valence-corrected chi connectivity index (χ0v) is 15.0. The zero-order chi connectivity index (χ0) is 18.7. The lowest BCUT2D eigenvalue weighted by atomic mass is 10.2. The smallest absolute Gasteiger partial charge is 0.150 e. The number of ether oxygens (including phenoxy) is 2. The molecular weight excluding hydrogens is 340 g/mol. The molecule has 0 atom stereocenters. The fourth-order valence-corrected chi connectivity index (χ4v) is 2.44. The number of hydrogen-bond donors (Lipinski definition) is 1. The number of pyridine rings is 1. The Kier molecular flexibility index (Phi) is 6.95. The Morgan fingerprint density at radius 1 is 0.889 bits per heavy atom. The number of carbonyl (C=O) groups is 1. The molecule has 3 aromatic rings. The van der Waals surface area contributed by atoms with Crippen LogP contribution >= 0.6 is 0 Å². The Labute approximate surface area is 159 Å². The number of carbonyl (C=O) groups excluding carboxylic acids is 1. The van der Waals surface area contributed by atoms with Crippen LogP contribution in [0.1, 0.15) is 21.6 Å². The number of rotatable bonds is 10. The van der Waals surface area contributed by atoms with Gasteiger partial charge in [0.1, 0.15) is 31.0 Å². The van der Waals surface area contributed by atoms with Gasteiger partial charge in [-0.1, -0.05) is 30.3 Å². The molecule has 0 aliphatic carbocycles. The second-order valence-electron chi connectivity index (χ2n) is 5.97. The third-order valence-electron chi connectivity index (χ3n) is 3.92. The summed E-state index contributed by atoms with van der Waals surface area (Å²) in [6.45, 7) is 2.43. The van der Waals surface area contributed by atoms with Crippen LogP contribution in [0.3, 0.4) is 0 Å². The highest BCUT2D eigenvalue weighted by atomic mass is 16.5. The van der Waals surface area contributed by atoms with Crippen LogP contribution in [0.2, 0.25) is 0 Å². The van der Waals surface area contributed by atoms with Crippen molar-refractivity contribution in [1.82, 2.24) is 10.3 Å². The van der Waals surface area contributed by atoms with E-state index in [9.17, 15) is 4.79 Å². The SMILES string of the molecule is O=Cc1ccc(OCCNCc2ccc(OCc3ccccc3)cn2)cc1. The zero-order valence-electron chi connectivity index (χ0n) is 15.0. The molecule has 1 heterocycles. The van der Waals surface area contributed by atoms with E-state index in [-0.39, 0.29) is 0 Å². The van der Waals surface area contributed by atoms with E-state index in [4.69, 9.17) is 9.47 Å². The highest BCUT2D eigenvalue weighted by Crippen LogP contribution is 2.12. The monoisotopic (exact) mass is 362 g/mol. The van der Waals surface area contributed by atoms with Crippen molar-refractivity contribution in [2.24, 2.45) is 0 Å². The lowest BCUT2D eigenvalue weighted by molar-refractivity contribution is 0.112. The van der Waals surface area contributed by atoms with Gasteiger partial charge in [0.25, 0.3) is 0 Å². The first-order valence-corrected chi connectivity index (χ1v) is 8.84. The molecule has 0 spiro atoms. The summed E-state index contributed by atoms with van der Waals surface area (Å²) < 4.78 is 11.3. The standard InChI is InChI=1S/C22H22N2O3/c25-16-18-6-9-21(10-7-18)26-13-12-23-14-20-8-11-22(15-24-20)27-17-19-4-2-1-3-5-19/h1-11,15-16,23H,12-14,17H2. The van der Waals surface area contributed by atoms with E-state index in [2.05, 4.69) is 10.3 Å². The van der Waals surface area contributed by atoms with Gasteiger partial charge in [0.05, 0.1) is 11.9 Å². The van der Waals surface area contributed by atoms with E-state index in [0.29, 0.717) is 31.9 Å². The number of nitrogens with zero attached hydrogens (tertiary/aromatic N) is 1. The molecular formula is C22H22N2O3. The second-order valence-corrected chi connectivity index (χ2v) is 5.97. The maximum absolute atomic E-state index is 10.6. The molecule has 1 N–H and O–H groups in total. The van der Waals surface area contributed by atoms with Gasteiger partial charge in [-0.25, -0.2) is 0 Å².